The normalized spacial score (nSPS) is 12.2. The average Bonchev–Trinajstić information content (AvgIpc) is 2.77. The molecular formula is C26H31N3O4. The van der Waals surface area contributed by atoms with Crippen LogP contribution in [-0.2, 0) is 33.9 Å². The van der Waals surface area contributed by atoms with E-state index in [1.807, 2.05) is 66.7 Å². The van der Waals surface area contributed by atoms with Crippen molar-refractivity contribution in [2.24, 2.45) is 5.73 Å². The number of amides is 2. The Morgan fingerprint density at radius 3 is 2.21 bits per heavy atom. The van der Waals surface area contributed by atoms with Gasteiger partial charge in [-0.2, -0.15) is 0 Å². The van der Waals surface area contributed by atoms with Gasteiger partial charge in [0, 0.05) is 13.0 Å². The monoisotopic (exact) mass is 449 g/mol. The number of fused-ring (bicyclic) bond motifs is 1. The number of hydrogen-bond acceptors (Lipinski definition) is 5. The van der Waals surface area contributed by atoms with E-state index in [0.29, 0.717) is 6.54 Å². The number of carbonyl (C=O) groups excluding carboxylic acids is 2. The molecule has 0 saturated carbocycles. The zero-order valence-electron chi connectivity index (χ0n) is 19.3. The molecule has 0 heterocycles. The third-order valence-corrected chi connectivity index (χ3v) is 4.93. The van der Waals surface area contributed by atoms with Gasteiger partial charge in [0.15, 0.2) is 0 Å². The molecular weight excluding hydrogens is 418 g/mol. The topological polar surface area (TPSA) is 103 Å². The van der Waals surface area contributed by atoms with Crippen LogP contribution in [0, 0.1) is 0 Å². The fourth-order valence-electron chi connectivity index (χ4n) is 3.29. The SMILES string of the molecule is CC(C)(C)OC(=O)NC(Cc1ccc2ccccc2c1)C(=O)NOCc1ccc(CN)cc1. The second kappa shape index (κ2) is 10.9. The van der Waals surface area contributed by atoms with Gasteiger partial charge < -0.3 is 15.8 Å². The molecule has 7 heteroatoms. The first-order chi connectivity index (χ1) is 15.7. The molecule has 3 rings (SSSR count). The van der Waals surface area contributed by atoms with Gasteiger partial charge in [0.1, 0.15) is 11.6 Å². The summed E-state index contributed by atoms with van der Waals surface area (Å²) < 4.78 is 5.34. The van der Waals surface area contributed by atoms with Crippen molar-refractivity contribution in [2.45, 2.75) is 52.0 Å². The van der Waals surface area contributed by atoms with Gasteiger partial charge in [0.25, 0.3) is 5.91 Å². The molecule has 0 spiro atoms. The van der Waals surface area contributed by atoms with Crippen molar-refractivity contribution in [3.63, 3.8) is 0 Å². The first kappa shape index (κ1) is 24.2. The summed E-state index contributed by atoms with van der Waals surface area (Å²) in [4.78, 5) is 30.7. The molecule has 3 aromatic carbocycles. The smallest absolute Gasteiger partial charge is 0.408 e. The van der Waals surface area contributed by atoms with Crippen LogP contribution in [0.4, 0.5) is 4.79 Å². The van der Waals surface area contributed by atoms with Crippen LogP contribution in [0.3, 0.4) is 0 Å². The highest BCUT2D eigenvalue weighted by Gasteiger charge is 2.25. The lowest BCUT2D eigenvalue weighted by atomic mass is 10.0. The minimum atomic E-state index is -0.874. The summed E-state index contributed by atoms with van der Waals surface area (Å²) in [5.41, 5.74) is 10.2. The lowest BCUT2D eigenvalue weighted by Gasteiger charge is -2.23. The Hall–Kier alpha value is -3.42. The van der Waals surface area contributed by atoms with E-state index in [-0.39, 0.29) is 13.0 Å². The molecule has 0 radical (unpaired) electrons. The van der Waals surface area contributed by atoms with Crippen molar-refractivity contribution in [2.75, 3.05) is 0 Å². The van der Waals surface area contributed by atoms with E-state index in [9.17, 15) is 9.59 Å². The molecule has 33 heavy (non-hydrogen) atoms. The van der Waals surface area contributed by atoms with Crippen LogP contribution in [0.5, 0.6) is 0 Å². The van der Waals surface area contributed by atoms with Crippen LogP contribution in [0.25, 0.3) is 10.8 Å². The number of ether oxygens (including phenoxy) is 1. The highest BCUT2D eigenvalue weighted by Crippen LogP contribution is 2.17. The lowest BCUT2D eigenvalue weighted by molar-refractivity contribution is -0.136. The summed E-state index contributed by atoms with van der Waals surface area (Å²) in [5, 5.41) is 4.83. The second-order valence-electron chi connectivity index (χ2n) is 8.86. The van der Waals surface area contributed by atoms with E-state index in [2.05, 4.69) is 10.8 Å². The summed E-state index contributed by atoms with van der Waals surface area (Å²) in [5.74, 6) is -0.465. The summed E-state index contributed by atoms with van der Waals surface area (Å²) >= 11 is 0. The highest BCUT2D eigenvalue weighted by molar-refractivity contribution is 5.86. The van der Waals surface area contributed by atoms with Crippen LogP contribution < -0.4 is 16.5 Å². The van der Waals surface area contributed by atoms with Gasteiger partial charge in [-0.25, -0.2) is 10.3 Å². The van der Waals surface area contributed by atoms with Crippen molar-refractivity contribution in [3.05, 3.63) is 83.4 Å². The maximum atomic E-state index is 12.9. The van der Waals surface area contributed by atoms with Crippen LogP contribution in [-0.4, -0.2) is 23.6 Å². The van der Waals surface area contributed by atoms with Gasteiger partial charge in [-0.1, -0.05) is 66.7 Å². The molecule has 0 saturated heterocycles. The van der Waals surface area contributed by atoms with E-state index in [4.69, 9.17) is 15.3 Å². The zero-order valence-corrected chi connectivity index (χ0v) is 19.3. The molecule has 0 aromatic heterocycles. The predicted molar refractivity (Wildman–Crippen MR) is 128 cm³/mol. The fourth-order valence-corrected chi connectivity index (χ4v) is 3.29. The van der Waals surface area contributed by atoms with Crippen LogP contribution >= 0.6 is 0 Å². The lowest BCUT2D eigenvalue weighted by Crippen LogP contribution is -2.49. The molecule has 0 aliphatic carbocycles. The molecule has 0 fully saturated rings. The van der Waals surface area contributed by atoms with E-state index in [1.165, 1.54) is 0 Å². The van der Waals surface area contributed by atoms with E-state index >= 15 is 0 Å². The van der Waals surface area contributed by atoms with Crippen molar-refractivity contribution in [1.82, 2.24) is 10.8 Å². The molecule has 7 nitrogen and oxygen atoms in total. The Bertz CT molecular complexity index is 1090. The second-order valence-corrected chi connectivity index (χ2v) is 8.86. The summed E-state index contributed by atoms with van der Waals surface area (Å²) in [6.07, 6.45) is -0.384. The molecule has 3 aromatic rings. The minimum Gasteiger partial charge on any atom is -0.444 e. The Kier molecular flexibility index (Phi) is 8.03. The Morgan fingerprint density at radius 2 is 1.55 bits per heavy atom. The quantitative estimate of drug-likeness (QED) is 0.452. The van der Waals surface area contributed by atoms with Gasteiger partial charge in [0.05, 0.1) is 6.61 Å². The van der Waals surface area contributed by atoms with E-state index < -0.39 is 23.6 Å². The number of nitrogens with two attached hydrogens (primary N) is 1. The maximum absolute atomic E-state index is 12.9. The standard InChI is InChI=1S/C26H31N3O4/c1-26(2,3)33-25(31)28-23(15-20-12-13-21-6-4-5-7-22(21)14-20)24(30)29-32-17-19-10-8-18(16-27)9-11-19/h4-14,23H,15-17,27H2,1-3H3,(H,28,31)(H,29,30). The van der Waals surface area contributed by atoms with Crippen LogP contribution in [0.2, 0.25) is 0 Å². The number of benzene rings is 3. The highest BCUT2D eigenvalue weighted by atomic mass is 16.7. The summed E-state index contributed by atoms with van der Waals surface area (Å²) in [7, 11) is 0. The number of alkyl carbamates (subject to hydrolysis) is 1. The Balaban J connectivity index is 1.67. The summed E-state index contributed by atoms with van der Waals surface area (Å²) in [6, 6.07) is 20.6. The van der Waals surface area contributed by atoms with Gasteiger partial charge in [-0.05, 0) is 48.2 Å². The third-order valence-electron chi connectivity index (χ3n) is 4.93. The van der Waals surface area contributed by atoms with Gasteiger partial charge in [-0.3, -0.25) is 9.63 Å². The molecule has 174 valence electrons. The molecule has 0 aliphatic heterocycles. The largest absolute Gasteiger partial charge is 0.444 e. The number of nitrogens with one attached hydrogen (secondary N) is 2. The van der Waals surface area contributed by atoms with Crippen LogP contribution in [0.15, 0.2) is 66.7 Å². The molecule has 1 unspecified atom stereocenters. The first-order valence-electron chi connectivity index (χ1n) is 10.9. The van der Waals surface area contributed by atoms with Crippen molar-refractivity contribution in [3.8, 4) is 0 Å². The van der Waals surface area contributed by atoms with Gasteiger partial charge >= 0.3 is 6.09 Å². The maximum Gasteiger partial charge on any atom is 0.408 e. The van der Waals surface area contributed by atoms with Crippen molar-refractivity contribution < 1.29 is 19.2 Å². The number of carbonyl (C=O) groups is 2. The van der Waals surface area contributed by atoms with Crippen molar-refractivity contribution >= 4 is 22.8 Å². The van der Waals surface area contributed by atoms with E-state index in [1.54, 1.807) is 20.8 Å². The number of hydroxylamine groups is 1. The molecule has 2 amide bonds. The zero-order chi connectivity index (χ0) is 23.8. The first-order valence-corrected chi connectivity index (χ1v) is 10.9. The molecule has 0 bridgehead atoms. The molecule has 0 aliphatic rings. The minimum absolute atomic E-state index is 0.186. The number of rotatable bonds is 8. The molecule has 1 atom stereocenters. The fraction of sp³-hybridized carbons (Fsp3) is 0.308. The Labute approximate surface area is 194 Å². The van der Waals surface area contributed by atoms with Gasteiger partial charge in [-0.15, -0.1) is 0 Å². The van der Waals surface area contributed by atoms with E-state index in [0.717, 1.165) is 27.5 Å². The average molecular weight is 450 g/mol. The van der Waals surface area contributed by atoms with Gasteiger partial charge in [0.2, 0.25) is 0 Å². The predicted octanol–water partition coefficient (Wildman–Crippen LogP) is 3.98. The van der Waals surface area contributed by atoms with Crippen LogP contribution in [0.1, 0.15) is 37.5 Å². The summed E-state index contributed by atoms with van der Waals surface area (Å²) in [6.45, 7) is 5.95. The molecule has 4 N–H and O–H groups in total. The Morgan fingerprint density at radius 1 is 0.909 bits per heavy atom. The van der Waals surface area contributed by atoms with Crippen molar-refractivity contribution in [1.29, 1.82) is 0 Å². The number of hydrogen-bond donors (Lipinski definition) is 3. The third kappa shape index (κ3) is 7.59.